The van der Waals surface area contributed by atoms with Crippen LogP contribution in [0.25, 0.3) is 0 Å². The number of piperazine rings is 1. The summed E-state index contributed by atoms with van der Waals surface area (Å²) in [5, 5.41) is 0. The maximum Gasteiger partial charge on any atom is 0.409 e. The Morgan fingerprint density at radius 2 is 1.79 bits per heavy atom. The molecular formula is C21H29N3O4. The molecule has 3 rings (SSSR count). The number of para-hydroxylation sites is 1. The third-order valence-corrected chi connectivity index (χ3v) is 5.56. The van der Waals surface area contributed by atoms with Crippen LogP contribution < -0.4 is 4.90 Å². The first-order chi connectivity index (χ1) is 13.5. The highest BCUT2D eigenvalue weighted by Gasteiger charge is 2.39. The van der Waals surface area contributed by atoms with E-state index in [0.717, 1.165) is 23.2 Å². The van der Waals surface area contributed by atoms with Gasteiger partial charge in [-0.2, -0.15) is 0 Å². The zero-order chi connectivity index (χ0) is 20.3. The van der Waals surface area contributed by atoms with Crippen molar-refractivity contribution in [2.75, 3.05) is 44.2 Å². The molecule has 2 aliphatic rings. The molecule has 7 nitrogen and oxygen atoms in total. The van der Waals surface area contributed by atoms with Crippen molar-refractivity contribution in [3.05, 3.63) is 29.3 Å². The summed E-state index contributed by atoms with van der Waals surface area (Å²) in [6, 6.07) is 6.05. The molecule has 3 amide bonds. The Bertz CT molecular complexity index is 756. The molecule has 0 aliphatic carbocycles. The molecule has 0 N–H and O–H groups in total. The second-order valence-corrected chi connectivity index (χ2v) is 7.35. The van der Waals surface area contributed by atoms with Crippen LogP contribution in [0.3, 0.4) is 0 Å². The van der Waals surface area contributed by atoms with Crippen molar-refractivity contribution < 1.29 is 19.1 Å². The number of nitrogens with zero attached hydrogens (tertiary/aromatic N) is 3. The predicted molar refractivity (Wildman–Crippen MR) is 106 cm³/mol. The van der Waals surface area contributed by atoms with Gasteiger partial charge in [-0.3, -0.25) is 9.59 Å². The Labute approximate surface area is 166 Å². The summed E-state index contributed by atoms with van der Waals surface area (Å²) in [5.74, 6) is -0.315. The summed E-state index contributed by atoms with van der Waals surface area (Å²) in [5.41, 5.74) is 3.14. The SMILES string of the molecule is CCOC(=O)N1CCN(C(=O)C2CC(=O)N(c3c(C)cccc3CC)C2)CC1. The van der Waals surface area contributed by atoms with Gasteiger partial charge in [0.25, 0.3) is 0 Å². The Hall–Kier alpha value is -2.57. The second-order valence-electron chi connectivity index (χ2n) is 7.35. The van der Waals surface area contributed by atoms with E-state index in [9.17, 15) is 14.4 Å². The van der Waals surface area contributed by atoms with Gasteiger partial charge in [0.15, 0.2) is 0 Å². The third kappa shape index (κ3) is 3.98. The Kier molecular flexibility index (Phi) is 6.21. The predicted octanol–water partition coefficient (Wildman–Crippen LogP) is 2.21. The minimum Gasteiger partial charge on any atom is -0.450 e. The topological polar surface area (TPSA) is 70.2 Å². The number of carbonyl (C=O) groups is 3. The van der Waals surface area contributed by atoms with Crippen LogP contribution in [0.5, 0.6) is 0 Å². The summed E-state index contributed by atoms with van der Waals surface area (Å²) in [4.78, 5) is 42.7. The van der Waals surface area contributed by atoms with E-state index in [-0.39, 0.29) is 30.2 Å². The highest BCUT2D eigenvalue weighted by atomic mass is 16.6. The summed E-state index contributed by atoms with van der Waals surface area (Å²) in [7, 11) is 0. The smallest absolute Gasteiger partial charge is 0.409 e. The number of amides is 3. The minimum atomic E-state index is -0.330. The standard InChI is InChI=1S/C21H29N3O4/c1-4-16-8-6-7-15(3)19(16)24-14-17(13-18(24)25)20(26)22-9-11-23(12-10-22)21(27)28-5-2/h6-8,17H,4-5,9-14H2,1-3H3. The van der Waals surface area contributed by atoms with Gasteiger partial charge in [-0.25, -0.2) is 4.79 Å². The van der Waals surface area contributed by atoms with Gasteiger partial charge >= 0.3 is 6.09 Å². The summed E-state index contributed by atoms with van der Waals surface area (Å²) in [6.07, 6.45) is 0.757. The molecule has 2 aliphatic heterocycles. The van der Waals surface area contributed by atoms with E-state index in [2.05, 4.69) is 6.92 Å². The number of carbonyl (C=O) groups excluding carboxylic acids is 3. The van der Waals surface area contributed by atoms with E-state index >= 15 is 0 Å². The van der Waals surface area contributed by atoms with Gasteiger partial charge in [0.2, 0.25) is 11.8 Å². The fourth-order valence-electron chi connectivity index (χ4n) is 4.06. The molecule has 0 bridgehead atoms. The summed E-state index contributed by atoms with van der Waals surface area (Å²) >= 11 is 0. The molecule has 0 radical (unpaired) electrons. The normalized spacial score (nSPS) is 19.9. The number of aryl methyl sites for hydroxylation is 2. The number of anilines is 1. The van der Waals surface area contributed by atoms with Gasteiger partial charge in [0, 0.05) is 44.8 Å². The van der Waals surface area contributed by atoms with Gasteiger partial charge in [-0.05, 0) is 31.4 Å². The molecule has 152 valence electrons. The lowest BCUT2D eigenvalue weighted by Crippen LogP contribution is -2.52. The van der Waals surface area contributed by atoms with Crippen molar-refractivity contribution in [1.29, 1.82) is 0 Å². The van der Waals surface area contributed by atoms with Crippen molar-refractivity contribution in [2.45, 2.75) is 33.6 Å². The van der Waals surface area contributed by atoms with Crippen LogP contribution in [0.15, 0.2) is 18.2 Å². The van der Waals surface area contributed by atoms with Crippen LogP contribution in [-0.2, 0) is 20.7 Å². The van der Waals surface area contributed by atoms with Crippen LogP contribution in [0.4, 0.5) is 10.5 Å². The number of hydrogen-bond acceptors (Lipinski definition) is 4. The van der Waals surface area contributed by atoms with E-state index in [1.54, 1.807) is 21.6 Å². The van der Waals surface area contributed by atoms with Crippen LogP contribution in [0.1, 0.15) is 31.4 Å². The monoisotopic (exact) mass is 387 g/mol. The molecule has 0 spiro atoms. The first-order valence-corrected chi connectivity index (χ1v) is 10.1. The van der Waals surface area contributed by atoms with Crippen LogP contribution in [0.2, 0.25) is 0 Å². The van der Waals surface area contributed by atoms with Crippen LogP contribution in [0, 0.1) is 12.8 Å². The molecule has 7 heteroatoms. The van der Waals surface area contributed by atoms with Crippen molar-refractivity contribution in [3.8, 4) is 0 Å². The number of ether oxygens (including phenoxy) is 1. The summed E-state index contributed by atoms with van der Waals surface area (Å²) < 4.78 is 5.02. The largest absolute Gasteiger partial charge is 0.450 e. The minimum absolute atomic E-state index is 0.00555. The first kappa shape index (κ1) is 20.2. The number of benzene rings is 1. The van der Waals surface area contributed by atoms with Crippen LogP contribution >= 0.6 is 0 Å². The molecule has 1 atom stereocenters. The maximum absolute atomic E-state index is 13.0. The molecule has 1 aromatic carbocycles. The van der Waals surface area contributed by atoms with Crippen molar-refractivity contribution in [3.63, 3.8) is 0 Å². The quantitative estimate of drug-likeness (QED) is 0.794. The van der Waals surface area contributed by atoms with Crippen molar-refractivity contribution in [1.82, 2.24) is 9.80 Å². The van der Waals surface area contributed by atoms with Crippen LogP contribution in [-0.4, -0.2) is 67.0 Å². The molecule has 2 saturated heterocycles. The number of hydrogen-bond donors (Lipinski definition) is 0. The molecule has 28 heavy (non-hydrogen) atoms. The molecule has 2 fully saturated rings. The maximum atomic E-state index is 13.0. The Morgan fingerprint density at radius 1 is 1.11 bits per heavy atom. The van der Waals surface area contributed by atoms with Gasteiger partial charge in [0.1, 0.15) is 0 Å². The average molecular weight is 387 g/mol. The molecule has 0 saturated carbocycles. The summed E-state index contributed by atoms with van der Waals surface area (Å²) in [6.45, 7) is 8.51. The second kappa shape index (κ2) is 8.63. The lowest BCUT2D eigenvalue weighted by molar-refractivity contribution is -0.137. The van der Waals surface area contributed by atoms with Gasteiger partial charge < -0.3 is 19.4 Å². The molecular weight excluding hydrogens is 358 g/mol. The zero-order valence-electron chi connectivity index (χ0n) is 16.9. The van der Waals surface area contributed by atoms with Gasteiger partial charge in [0.05, 0.1) is 12.5 Å². The van der Waals surface area contributed by atoms with Crippen molar-refractivity contribution in [2.24, 2.45) is 5.92 Å². The number of rotatable bonds is 4. The highest BCUT2D eigenvalue weighted by Crippen LogP contribution is 2.32. The van der Waals surface area contributed by atoms with Crippen molar-refractivity contribution >= 4 is 23.6 Å². The molecule has 1 aromatic rings. The van der Waals surface area contributed by atoms with E-state index in [1.807, 2.05) is 25.1 Å². The van der Waals surface area contributed by atoms with E-state index in [1.165, 1.54) is 0 Å². The molecule has 0 aromatic heterocycles. The lowest BCUT2D eigenvalue weighted by Gasteiger charge is -2.35. The Morgan fingerprint density at radius 3 is 2.43 bits per heavy atom. The zero-order valence-corrected chi connectivity index (χ0v) is 16.9. The molecule has 1 unspecified atom stereocenters. The van der Waals surface area contributed by atoms with Gasteiger partial charge in [-0.15, -0.1) is 0 Å². The lowest BCUT2D eigenvalue weighted by atomic mass is 10.0. The molecule has 2 heterocycles. The highest BCUT2D eigenvalue weighted by molar-refractivity contribution is 6.01. The fraction of sp³-hybridized carbons (Fsp3) is 0.571. The Balaban J connectivity index is 1.65. The van der Waals surface area contributed by atoms with E-state index in [0.29, 0.717) is 39.3 Å². The average Bonchev–Trinajstić information content (AvgIpc) is 3.08. The first-order valence-electron chi connectivity index (χ1n) is 10.1. The van der Waals surface area contributed by atoms with E-state index in [4.69, 9.17) is 4.74 Å². The third-order valence-electron chi connectivity index (χ3n) is 5.56. The van der Waals surface area contributed by atoms with Gasteiger partial charge in [-0.1, -0.05) is 25.1 Å². The van der Waals surface area contributed by atoms with E-state index < -0.39 is 0 Å². The fourth-order valence-corrected chi connectivity index (χ4v) is 4.06.